The third-order valence-corrected chi connectivity index (χ3v) is 6.26. The van der Waals surface area contributed by atoms with Crippen molar-refractivity contribution in [3.05, 3.63) is 77.5 Å². The first-order chi connectivity index (χ1) is 10.1. The average molecular weight is 292 g/mol. The molecule has 0 aromatic heterocycles. The molecule has 0 atom stereocenters. The molecule has 21 heavy (non-hydrogen) atoms. The highest BCUT2D eigenvalue weighted by Gasteiger charge is 2.20. The standard InChI is InChI=1S/C19H20OSi/c1-21(2,19-11-7-4-8-12-19)16-18(15-20)14-13-17-9-5-3-6-10-17/h3-12,16,20H,15H2,1-2H3/b18-16+. The second-order valence-electron chi connectivity index (χ2n) is 5.53. The van der Waals surface area contributed by atoms with Gasteiger partial charge in [0.1, 0.15) is 8.07 Å². The second-order valence-corrected chi connectivity index (χ2v) is 9.84. The lowest BCUT2D eigenvalue weighted by Crippen LogP contribution is -2.39. The minimum atomic E-state index is -1.73. The van der Waals surface area contributed by atoms with E-state index in [9.17, 15) is 5.11 Å². The minimum Gasteiger partial charge on any atom is -0.391 e. The predicted octanol–water partition coefficient (Wildman–Crippen LogP) is 3.11. The summed E-state index contributed by atoms with van der Waals surface area (Å²) in [5.41, 5.74) is 3.95. The SMILES string of the molecule is C[Si](C)(/C=C(\C#Cc1ccccc1)CO)c1ccccc1. The average Bonchev–Trinajstić information content (AvgIpc) is 2.53. The molecule has 0 bridgehead atoms. The summed E-state index contributed by atoms with van der Waals surface area (Å²) in [6.45, 7) is 4.52. The van der Waals surface area contributed by atoms with Crippen molar-refractivity contribution in [2.24, 2.45) is 0 Å². The van der Waals surface area contributed by atoms with Gasteiger partial charge in [0.2, 0.25) is 0 Å². The first-order valence-corrected chi connectivity index (χ1v) is 10.1. The molecule has 0 heterocycles. The Labute approximate surface area is 128 Å². The van der Waals surface area contributed by atoms with Crippen molar-refractivity contribution in [2.45, 2.75) is 13.1 Å². The number of hydrogen-bond donors (Lipinski definition) is 1. The number of hydrogen-bond acceptors (Lipinski definition) is 1. The van der Waals surface area contributed by atoms with Crippen molar-refractivity contribution in [1.82, 2.24) is 0 Å². The zero-order valence-corrected chi connectivity index (χ0v) is 13.5. The van der Waals surface area contributed by atoms with Crippen molar-refractivity contribution >= 4 is 13.3 Å². The zero-order chi connectivity index (χ0) is 15.1. The second kappa shape index (κ2) is 7.08. The van der Waals surface area contributed by atoms with Gasteiger partial charge in [-0.25, -0.2) is 0 Å². The summed E-state index contributed by atoms with van der Waals surface area (Å²) in [5.74, 6) is 6.22. The number of rotatable bonds is 3. The van der Waals surface area contributed by atoms with Gasteiger partial charge >= 0.3 is 0 Å². The molecule has 0 spiro atoms. The van der Waals surface area contributed by atoms with Crippen LogP contribution in [0.2, 0.25) is 13.1 Å². The van der Waals surface area contributed by atoms with Gasteiger partial charge in [0.05, 0.1) is 6.61 Å². The molecule has 0 aliphatic rings. The molecule has 0 amide bonds. The first-order valence-electron chi connectivity index (χ1n) is 7.07. The fraction of sp³-hybridized carbons (Fsp3) is 0.158. The molecule has 0 aliphatic heterocycles. The van der Waals surface area contributed by atoms with Crippen LogP contribution in [0.1, 0.15) is 5.56 Å². The van der Waals surface area contributed by atoms with E-state index in [1.807, 2.05) is 36.4 Å². The molecular formula is C19H20OSi. The molecule has 1 nitrogen and oxygen atoms in total. The highest BCUT2D eigenvalue weighted by molar-refractivity contribution is 6.94. The van der Waals surface area contributed by atoms with E-state index < -0.39 is 8.07 Å². The van der Waals surface area contributed by atoms with Crippen LogP contribution >= 0.6 is 0 Å². The molecular weight excluding hydrogens is 272 g/mol. The largest absolute Gasteiger partial charge is 0.391 e. The molecule has 1 N–H and O–H groups in total. The van der Waals surface area contributed by atoms with Gasteiger partial charge in [-0.2, -0.15) is 0 Å². The van der Waals surface area contributed by atoms with Crippen LogP contribution in [-0.4, -0.2) is 19.8 Å². The predicted molar refractivity (Wildman–Crippen MR) is 92.0 cm³/mol. The van der Waals surface area contributed by atoms with E-state index in [1.54, 1.807) is 0 Å². The van der Waals surface area contributed by atoms with Crippen molar-refractivity contribution in [3.8, 4) is 11.8 Å². The summed E-state index contributed by atoms with van der Waals surface area (Å²) in [6, 6.07) is 20.3. The Bertz CT molecular complexity index is 661. The molecule has 2 heteroatoms. The fourth-order valence-corrected chi connectivity index (χ4v) is 4.43. The van der Waals surface area contributed by atoms with Crippen molar-refractivity contribution in [2.75, 3.05) is 6.61 Å². The maximum absolute atomic E-state index is 9.57. The van der Waals surface area contributed by atoms with E-state index in [2.05, 4.69) is 54.9 Å². The summed E-state index contributed by atoms with van der Waals surface area (Å²) in [4.78, 5) is 0. The van der Waals surface area contributed by atoms with Gasteiger partial charge in [0, 0.05) is 11.1 Å². The van der Waals surface area contributed by atoms with Crippen LogP contribution < -0.4 is 5.19 Å². The molecule has 0 saturated carbocycles. The zero-order valence-electron chi connectivity index (χ0n) is 12.5. The van der Waals surface area contributed by atoms with Gasteiger partial charge in [0.15, 0.2) is 0 Å². The maximum atomic E-state index is 9.57. The first kappa shape index (κ1) is 15.3. The van der Waals surface area contributed by atoms with Crippen LogP contribution in [-0.2, 0) is 0 Å². The minimum absolute atomic E-state index is 0.0108. The molecule has 0 saturated heterocycles. The third-order valence-electron chi connectivity index (χ3n) is 3.36. The van der Waals surface area contributed by atoms with Gasteiger partial charge in [-0.05, 0) is 12.1 Å². The van der Waals surface area contributed by atoms with Gasteiger partial charge in [0.25, 0.3) is 0 Å². The molecule has 2 aromatic carbocycles. The van der Waals surface area contributed by atoms with Gasteiger partial charge in [-0.1, -0.05) is 84.4 Å². The van der Waals surface area contributed by atoms with Crippen LogP contribution in [0.5, 0.6) is 0 Å². The molecule has 0 unspecified atom stereocenters. The van der Waals surface area contributed by atoms with E-state index >= 15 is 0 Å². The third kappa shape index (κ3) is 4.46. The Kier molecular flexibility index (Phi) is 5.16. The molecule has 106 valence electrons. The number of aliphatic hydroxyl groups excluding tert-OH is 1. The summed E-state index contributed by atoms with van der Waals surface area (Å²) >= 11 is 0. The maximum Gasteiger partial charge on any atom is 0.105 e. The smallest absolute Gasteiger partial charge is 0.105 e. The topological polar surface area (TPSA) is 20.2 Å². The number of aliphatic hydroxyl groups is 1. The Balaban J connectivity index is 2.27. The molecule has 0 aliphatic carbocycles. The van der Waals surface area contributed by atoms with E-state index in [-0.39, 0.29) is 6.61 Å². The Morgan fingerprint density at radius 2 is 1.57 bits per heavy atom. The van der Waals surface area contributed by atoms with Crippen molar-refractivity contribution in [1.29, 1.82) is 0 Å². The Morgan fingerprint density at radius 3 is 2.14 bits per heavy atom. The van der Waals surface area contributed by atoms with Crippen LogP contribution in [0, 0.1) is 11.8 Å². The van der Waals surface area contributed by atoms with Gasteiger partial charge in [-0.15, -0.1) is 0 Å². The number of benzene rings is 2. The summed E-state index contributed by atoms with van der Waals surface area (Å²) in [7, 11) is -1.73. The van der Waals surface area contributed by atoms with Crippen LogP contribution in [0.4, 0.5) is 0 Å². The lowest BCUT2D eigenvalue weighted by molar-refractivity contribution is 0.336. The van der Waals surface area contributed by atoms with Gasteiger partial charge < -0.3 is 5.11 Å². The quantitative estimate of drug-likeness (QED) is 0.681. The van der Waals surface area contributed by atoms with E-state index in [4.69, 9.17) is 0 Å². The highest BCUT2D eigenvalue weighted by atomic mass is 28.3. The summed E-state index contributed by atoms with van der Waals surface area (Å²) < 4.78 is 0. The normalized spacial score (nSPS) is 11.7. The van der Waals surface area contributed by atoms with Gasteiger partial charge in [-0.3, -0.25) is 0 Å². The van der Waals surface area contributed by atoms with E-state index in [1.165, 1.54) is 5.19 Å². The van der Waals surface area contributed by atoms with E-state index in [0.29, 0.717) is 0 Å². The van der Waals surface area contributed by atoms with Crippen molar-refractivity contribution in [3.63, 3.8) is 0 Å². The highest BCUT2D eigenvalue weighted by Crippen LogP contribution is 2.08. The van der Waals surface area contributed by atoms with Crippen LogP contribution in [0.15, 0.2) is 71.9 Å². The molecule has 2 aromatic rings. The summed E-state index contributed by atoms with van der Waals surface area (Å²) in [5, 5.41) is 10.9. The van der Waals surface area contributed by atoms with Crippen LogP contribution in [0.3, 0.4) is 0 Å². The van der Waals surface area contributed by atoms with Crippen molar-refractivity contribution < 1.29 is 5.11 Å². The molecule has 2 rings (SSSR count). The molecule has 0 fully saturated rings. The molecule has 0 radical (unpaired) electrons. The Hall–Kier alpha value is -2.08. The van der Waals surface area contributed by atoms with Crippen LogP contribution in [0.25, 0.3) is 0 Å². The van der Waals surface area contributed by atoms with E-state index in [0.717, 1.165) is 11.1 Å². The lowest BCUT2D eigenvalue weighted by Gasteiger charge is -2.19. The summed E-state index contributed by atoms with van der Waals surface area (Å²) in [6.07, 6.45) is 0. The fourth-order valence-electron chi connectivity index (χ4n) is 2.18. The monoisotopic (exact) mass is 292 g/mol. The lowest BCUT2D eigenvalue weighted by atomic mass is 10.2. The Morgan fingerprint density at radius 1 is 1.00 bits per heavy atom.